The fourth-order valence-electron chi connectivity index (χ4n) is 2.66. The fourth-order valence-corrected chi connectivity index (χ4v) is 2.66. The Morgan fingerprint density at radius 1 is 1.45 bits per heavy atom. The van der Waals surface area contributed by atoms with Crippen molar-refractivity contribution in [3.8, 4) is 0 Å². The van der Waals surface area contributed by atoms with E-state index < -0.39 is 5.97 Å². The van der Waals surface area contributed by atoms with Crippen LogP contribution in [0.5, 0.6) is 0 Å². The number of carbonyl (C=O) groups is 1. The number of rotatable bonds is 6. The van der Waals surface area contributed by atoms with Crippen LogP contribution in [-0.4, -0.2) is 47.8 Å². The standard InChI is InChI=1S/C16H23NO3/c1-13(7-8-14-5-3-2-4-6-14)17-9-10-20-15(12-17)11-16(18)19/h2-6,13,15H,7-12H2,1H3,(H,18,19). The van der Waals surface area contributed by atoms with Crippen molar-refractivity contribution in [1.29, 1.82) is 0 Å². The lowest BCUT2D eigenvalue weighted by Gasteiger charge is -2.36. The summed E-state index contributed by atoms with van der Waals surface area (Å²) in [6, 6.07) is 10.9. The molecule has 0 saturated carbocycles. The summed E-state index contributed by atoms with van der Waals surface area (Å²) in [7, 11) is 0. The Kier molecular flexibility index (Phi) is 5.56. The summed E-state index contributed by atoms with van der Waals surface area (Å²) < 4.78 is 5.51. The molecule has 0 bridgehead atoms. The molecule has 1 aromatic carbocycles. The van der Waals surface area contributed by atoms with Crippen molar-refractivity contribution >= 4 is 5.97 Å². The third-order valence-electron chi connectivity index (χ3n) is 3.89. The van der Waals surface area contributed by atoms with Gasteiger partial charge in [-0.2, -0.15) is 0 Å². The highest BCUT2D eigenvalue weighted by Crippen LogP contribution is 2.15. The summed E-state index contributed by atoms with van der Waals surface area (Å²) in [5.41, 5.74) is 1.36. The molecule has 4 nitrogen and oxygen atoms in total. The van der Waals surface area contributed by atoms with Gasteiger partial charge in [0.2, 0.25) is 0 Å². The van der Waals surface area contributed by atoms with Crippen molar-refractivity contribution in [2.24, 2.45) is 0 Å². The van der Waals surface area contributed by atoms with Crippen LogP contribution in [0.15, 0.2) is 30.3 Å². The van der Waals surface area contributed by atoms with Crippen molar-refractivity contribution in [2.75, 3.05) is 19.7 Å². The lowest BCUT2D eigenvalue weighted by molar-refractivity contribution is -0.142. The van der Waals surface area contributed by atoms with Gasteiger partial charge in [-0.05, 0) is 25.3 Å². The van der Waals surface area contributed by atoms with Crippen molar-refractivity contribution in [1.82, 2.24) is 4.90 Å². The first-order valence-electron chi connectivity index (χ1n) is 7.26. The highest BCUT2D eigenvalue weighted by atomic mass is 16.5. The lowest BCUT2D eigenvalue weighted by Crippen LogP contribution is -2.47. The molecule has 4 heteroatoms. The number of carboxylic acids is 1. The number of aryl methyl sites for hydroxylation is 1. The first kappa shape index (κ1) is 15.0. The van der Waals surface area contributed by atoms with Crippen molar-refractivity contribution in [2.45, 2.75) is 38.3 Å². The Morgan fingerprint density at radius 3 is 2.90 bits per heavy atom. The van der Waals surface area contributed by atoms with Gasteiger partial charge in [0.15, 0.2) is 0 Å². The summed E-state index contributed by atoms with van der Waals surface area (Å²) in [6.45, 7) is 4.47. The van der Waals surface area contributed by atoms with E-state index in [1.165, 1.54) is 5.56 Å². The van der Waals surface area contributed by atoms with Gasteiger partial charge in [-0.25, -0.2) is 0 Å². The topological polar surface area (TPSA) is 49.8 Å². The van der Waals surface area contributed by atoms with Crippen LogP contribution in [0, 0.1) is 0 Å². The number of carboxylic acid groups (broad SMARTS) is 1. The Bertz CT molecular complexity index is 421. The van der Waals surface area contributed by atoms with Crippen LogP contribution >= 0.6 is 0 Å². The van der Waals surface area contributed by atoms with E-state index in [-0.39, 0.29) is 12.5 Å². The van der Waals surface area contributed by atoms with Gasteiger partial charge in [0.1, 0.15) is 0 Å². The summed E-state index contributed by atoms with van der Waals surface area (Å²) in [4.78, 5) is 13.1. The molecule has 0 amide bonds. The number of nitrogens with zero attached hydrogens (tertiary/aromatic N) is 1. The molecule has 1 N–H and O–H groups in total. The van der Waals surface area contributed by atoms with Crippen LogP contribution < -0.4 is 0 Å². The average Bonchev–Trinajstić information content (AvgIpc) is 2.45. The molecule has 2 rings (SSSR count). The summed E-state index contributed by atoms with van der Waals surface area (Å²) in [5, 5.41) is 8.84. The van der Waals surface area contributed by atoms with E-state index in [0.29, 0.717) is 12.6 Å². The van der Waals surface area contributed by atoms with Crippen LogP contribution in [-0.2, 0) is 16.0 Å². The van der Waals surface area contributed by atoms with E-state index in [1.807, 2.05) is 6.07 Å². The molecule has 1 aromatic rings. The molecule has 1 fully saturated rings. The molecule has 2 atom stereocenters. The maximum absolute atomic E-state index is 10.8. The van der Waals surface area contributed by atoms with Crippen molar-refractivity contribution in [3.63, 3.8) is 0 Å². The van der Waals surface area contributed by atoms with E-state index in [4.69, 9.17) is 9.84 Å². The lowest BCUT2D eigenvalue weighted by atomic mass is 10.0. The predicted molar refractivity (Wildman–Crippen MR) is 77.8 cm³/mol. The molecule has 1 aliphatic rings. The van der Waals surface area contributed by atoms with E-state index in [1.54, 1.807) is 0 Å². The van der Waals surface area contributed by atoms with Gasteiger partial charge < -0.3 is 9.84 Å². The van der Waals surface area contributed by atoms with Gasteiger partial charge in [0.05, 0.1) is 19.1 Å². The smallest absolute Gasteiger partial charge is 0.306 e. The van der Waals surface area contributed by atoms with E-state index in [2.05, 4.69) is 36.1 Å². The molecule has 1 saturated heterocycles. The zero-order chi connectivity index (χ0) is 14.4. The molecule has 2 unspecified atom stereocenters. The van der Waals surface area contributed by atoms with Gasteiger partial charge in [0.25, 0.3) is 0 Å². The maximum atomic E-state index is 10.8. The first-order chi connectivity index (χ1) is 9.65. The Hall–Kier alpha value is -1.39. The highest BCUT2D eigenvalue weighted by molar-refractivity contribution is 5.67. The molecule has 20 heavy (non-hydrogen) atoms. The minimum absolute atomic E-state index is 0.0991. The zero-order valence-electron chi connectivity index (χ0n) is 12.0. The van der Waals surface area contributed by atoms with E-state index in [0.717, 1.165) is 25.9 Å². The Balaban J connectivity index is 1.79. The molecule has 0 aliphatic carbocycles. The number of morpholine rings is 1. The van der Waals surface area contributed by atoms with E-state index in [9.17, 15) is 4.79 Å². The number of ether oxygens (including phenoxy) is 1. The highest BCUT2D eigenvalue weighted by Gasteiger charge is 2.25. The first-order valence-corrected chi connectivity index (χ1v) is 7.26. The average molecular weight is 277 g/mol. The van der Waals surface area contributed by atoms with Crippen LogP contribution in [0.3, 0.4) is 0 Å². The second kappa shape index (κ2) is 7.41. The quantitative estimate of drug-likeness (QED) is 0.866. The molecule has 0 aromatic heterocycles. The summed E-state index contributed by atoms with van der Waals surface area (Å²) in [5.74, 6) is -0.784. The minimum Gasteiger partial charge on any atom is -0.481 e. The SMILES string of the molecule is CC(CCc1ccccc1)N1CCOC(CC(=O)O)C1. The molecule has 110 valence electrons. The van der Waals surface area contributed by atoms with Crippen LogP contribution in [0.25, 0.3) is 0 Å². The van der Waals surface area contributed by atoms with Gasteiger partial charge in [0, 0.05) is 19.1 Å². The van der Waals surface area contributed by atoms with Crippen LogP contribution in [0.2, 0.25) is 0 Å². The van der Waals surface area contributed by atoms with Gasteiger partial charge in [-0.15, -0.1) is 0 Å². The van der Waals surface area contributed by atoms with Crippen molar-refractivity contribution in [3.05, 3.63) is 35.9 Å². The molecular formula is C16H23NO3. The van der Waals surface area contributed by atoms with Gasteiger partial charge in [-0.1, -0.05) is 30.3 Å². The van der Waals surface area contributed by atoms with Crippen molar-refractivity contribution < 1.29 is 14.6 Å². The van der Waals surface area contributed by atoms with Crippen LogP contribution in [0.1, 0.15) is 25.3 Å². The number of benzene rings is 1. The van der Waals surface area contributed by atoms with Crippen LogP contribution in [0.4, 0.5) is 0 Å². The Labute approximate surface area is 120 Å². The predicted octanol–water partition coefficient (Wildman–Crippen LogP) is 2.18. The molecule has 0 radical (unpaired) electrons. The minimum atomic E-state index is -0.784. The van der Waals surface area contributed by atoms with Gasteiger partial charge in [-0.3, -0.25) is 9.69 Å². The van der Waals surface area contributed by atoms with E-state index >= 15 is 0 Å². The Morgan fingerprint density at radius 2 is 2.20 bits per heavy atom. The second-order valence-corrected chi connectivity index (χ2v) is 5.46. The molecule has 0 spiro atoms. The summed E-state index contributed by atoms with van der Waals surface area (Å²) >= 11 is 0. The zero-order valence-corrected chi connectivity index (χ0v) is 12.0. The third-order valence-corrected chi connectivity index (χ3v) is 3.89. The third kappa shape index (κ3) is 4.62. The molecule has 1 aliphatic heterocycles. The maximum Gasteiger partial charge on any atom is 0.306 e. The second-order valence-electron chi connectivity index (χ2n) is 5.46. The fraction of sp³-hybridized carbons (Fsp3) is 0.562. The van der Waals surface area contributed by atoms with Gasteiger partial charge >= 0.3 is 5.97 Å². The summed E-state index contributed by atoms with van der Waals surface area (Å²) in [6.07, 6.45) is 2.08. The normalized spacial score (nSPS) is 21.6. The largest absolute Gasteiger partial charge is 0.481 e. The molecule has 1 heterocycles. The monoisotopic (exact) mass is 277 g/mol. The number of aliphatic carboxylic acids is 1. The molecular weight excluding hydrogens is 254 g/mol. The number of hydrogen-bond donors (Lipinski definition) is 1. The number of hydrogen-bond acceptors (Lipinski definition) is 3.